The van der Waals surface area contributed by atoms with Crippen LogP contribution < -0.4 is 15.6 Å². The van der Waals surface area contributed by atoms with Gasteiger partial charge in [-0.3, -0.25) is 24.4 Å². The van der Waals surface area contributed by atoms with E-state index < -0.39 is 25.8 Å². The van der Waals surface area contributed by atoms with Crippen molar-refractivity contribution in [2.45, 2.75) is 150 Å². The molecule has 1 fully saturated rings. The maximum absolute atomic E-state index is 13.9. The fraction of sp³-hybridized carbons (Fsp3) is 0.551. The molecule has 1 saturated heterocycles. The van der Waals surface area contributed by atoms with E-state index in [0.29, 0.717) is 61.0 Å². The minimum atomic E-state index is -2.37. The van der Waals surface area contributed by atoms with E-state index in [4.69, 9.17) is 14.9 Å². The van der Waals surface area contributed by atoms with Gasteiger partial charge in [0, 0.05) is 60.5 Å². The number of cyclic esters (lactones) is 1. The van der Waals surface area contributed by atoms with Crippen LogP contribution in [0.1, 0.15) is 117 Å². The summed E-state index contributed by atoms with van der Waals surface area (Å²) in [6, 6.07) is 13.5. The first-order valence-electron chi connectivity index (χ1n) is 22.5. The van der Waals surface area contributed by atoms with Crippen LogP contribution in [0.2, 0.25) is 16.6 Å². The summed E-state index contributed by atoms with van der Waals surface area (Å²) in [5.74, 6) is 0.0859. The summed E-state index contributed by atoms with van der Waals surface area (Å²) in [6.07, 6.45) is 6.42. The predicted molar refractivity (Wildman–Crippen MR) is 248 cm³/mol. The first kappa shape index (κ1) is 46.0. The Bertz CT molecular complexity index is 2230. The van der Waals surface area contributed by atoms with Crippen LogP contribution in [-0.2, 0) is 33.7 Å². The van der Waals surface area contributed by atoms with Gasteiger partial charge in [-0.2, -0.15) is 0 Å². The van der Waals surface area contributed by atoms with E-state index in [0.717, 1.165) is 56.6 Å². The molecule has 3 atom stereocenters. The van der Waals surface area contributed by atoms with E-state index in [2.05, 4.69) is 128 Å². The SMILES string of the molecule is CCC(C)N(C)C(=O)c1cncc(-c2c3c4cc(ccc4n2CC)-c2cc(cc(O[Si](C(C)C)(C(C)C)C(C)C)c2)C[C@H](N)C(=O)N2CCC[C@H](N2)C(=O)OCC(C)(C)C3)c1. The zero-order valence-electron chi connectivity index (χ0n) is 38.7. The van der Waals surface area contributed by atoms with E-state index in [-0.39, 0.29) is 30.4 Å². The number of carbonyl (C=O) groups is 3. The van der Waals surface area contributed by atoms with E-state index >= 15 is 0 Å². The number of rotatable bonds is 10. The van der Waals surface area contributed by atoms with Crippen LogP contribution in [0, 0.1) is 5.41 Å². The minimum Gasteiger partial charge on any atom is -0.543 e. The number of aromatic nitrogens is 2. The number of esters is 1. The molecule has 2 aliphatic rings. The second-order valence-electron chi connectivity index (χ2n) is 19.3. The van der Waals surface area contributed by atoms with Gasteiger partial charge in [-0.15, -0.1) is 0 Å². The largest absolute Gasteiger partial charge is 0.543 e. The van der Waals surface area contributed by atoms with Crippen molar-refractivity contribution in [3.05, 3.63) is 71.5 Å². The first-order chi connectivity index (χ1) is 28.8. The van der Waals surface area contributed by atoms with Gasteiger partial charge in [-0.25, -0.2) is 5.43 Å². The molecular formula is C49H70N6O5Si. The monoisotopic (exact) mass is 851 g/mol. The summed E-state index contributed by atoms with van der Waals surface area (Å²) >= 11 is 0. The highest BCUT2D eigenvalue weighted by Crippen LogP contribution is 2.45. The molecule has 4 aromatic rings. The number of nitrogens with zero attached hydrogens (tertiary/aromatic N) is 4. The molecule has 1 unspecified atom stereocenters. The Balaban J connectivity index is 1.59. The summed E-state index contributed by atoms with van der Waals surface area (Å²) in [5.41, 5.74) is 17.9. The van der Waals surface area contributed by atoms with Gasteiger partial charge in [0.15, 0.2) is 0 Å². The van der Waals surface area contributed by atoms with Crippen molar-refractivity contribution < 1.29 is 23.5 Å². The second-order valence-corrected chi connectivity index (χ2v) is 24.7. The molecule has 12 heteroatoms. The highest BCUT2D eigenvalue weighted by molar-refractivity contribution is 6.78. The topological polar surface area (TPSA) is 132 Å². The van der Waals surface area contributed by atoms with Crippen molar-refractivity contribution in [1.82, 2.24) is 24.9 Å². The lowest BCUT2D eigenvalue weighted by Crippen LogP contribution is -2.59. The fourth-order valence-electron chi connectivity index (χ4n) is 9.92. The van der Waals surface area contributed by atoms with Gasteiger partial charge in [0.05, 0.1) is 23.9 Å². The van der Waals surface area contributed by atoms with Crippen molar-refractivity contribution >= 4 is 37.0 Å². The zero-order chi connectivity index (χ0) is 44.6. The predicted octanol–water partition coefficient (Wildman–Crippen LogP) is 9.31. The molecule has 6 rings (SSSR count). The van der Waals surface area contributed by atoms with Crippen LogP contribution in [-0.4, -0.2) is 83.9 Å². The van der Waals surface area contributed by atoms with Gasteiger partial charge in [0.2, 0.25) is 0 Å². The van der Waals surface area contributed by atoms with E-state index in [1.807, 2.05) is 19.3 Å². The molecule has 2 aromatic carbocycles. The number of carbonyl (C=O) groups excluding carboxylic acids is 3. The molecule has 6 bridgehead atoms. The van der Waals surface area contributed by atoms with Crippen molar-refractivity contribution in [1.29, 1.82) is 0 Å². The van der Waals surface area contributed by atoms with Crippen molar-refractivity contribution in [3.8, 4) is 28.1 Å². The van der Waals surface area contributed by atoms with Gasteiger partial charge in [-0.1, -0.05) is 74.4 Å². The fourth-order valence-corrected chi connectivity index (χ4v) is 15.2. The molecular weight excluding hydrogens is 781 g/mol. The lowest BCUT2D eigenvalue weighted by Gasteiger charge is -2.42. The summed E-state index contributed by atoms with van der Waals surface area (Å²) in [5, 5.41) is 2.58. The average Bonchev–Trinajstić information content (AvgIpc) is 3.54. The molecule has 2 aliphatic heterocycles. The van der Waals surface area contributed by atoms with Crippen LogP contribution in [0.15, 0.2) is 54.9 Å². The van der Waals surface area contributed by atoms with Crippen molar-refractivity contribution in [2.24, 2.45) is 11.1 Å². The molecule has 11 nitrogen and oxygen atoms in total. The maximum atomic E-state index is 13.9. The maximum Gasteiger partial charge on any atom is 0.324 e. The average molecular weight is 851 g/mol. The van der Waals surface area contributed by atoms with Crippen LogP contribution in [0.25, 0.3) is 33.3 Å². The number of hydrogen-bond donors (Lipinski definition) is 2. The number of benzene rings is 2. The number of nitrogens with two attached hydrogens (primary N) is 1. The van der Waals surface area contributed by atoms with Gasteiger partial charge in [0.1, 0.15) is 11.8 Å². The van der Waals surface area contributed by atoms with Gasteiger partial charge in [0.25, 0.3) is 20.1 Å². The van der Waals surface area contributed by atoms with E-state index in [9.17, 15) is 14.4 Å². The number of aryl methyl sites for hydroxylation is 1. The molecule has 0 saturated carbocycles. The number of hydrogen-bond acceptors (Lipinski definition) is 8. The molecule has 0 radical (unpaired) electrons. The highest BCUT2D eigenvalue weighted by atomic mass is 28.4. The number of ether oxygens (including phenoxy) is 1. The lowest BCUT2D eigenvalue weighted by atomic mass is 9.84. The standard InChI is InChI=1S/C49H70N6O5Si/c1-13-33(9)53(12)46(56)38-23-37(27-51-28-38)45-41-26-49(10,11)29-59-48(58)43-16-15-19-55(52-43)47(57)42(50)22-34-20-36(35-17-18-44(40(41)25-35)54(45)14-2)24-39(21-34)60-61(30(3)4,31(5)6)32(7)8/h17-18,20-21,23-25,27-28,30-33,42-43,52H,13-16,19,22,26,29,50H2,1-12H3/t33?,42-,43-/m0/s1. The first-order valence-corrected chi connectivity index (χ1v) is 24.7. The summed E-state index contributed by atoms with van der Waals surface area (Å²) in [4.78, 5) is 47.8. The van der Waals surface area contributed by atoms with Crippen LogP contribution >= 0.6 is 0 Å². The second kappa shape index (κ2) is 18.4. The number of nitrogens with one attached hydrogen (secondary N) is 1. The third-order valence-corrected chi connectivity index (χ3v) is 19.4. The normalized spacial score (nSPS) is 19.3. The molecule has 4 heterocycles. The third-order valence-electron chi connectivity index (χ3n) is 13.4. The van der Waals surface area contributed by atoms with E-state index in [1.54, 1.807) is 11.1 Å². The molecule has 330 valence electrons. The van der Waals surface area contributed by atoms with Crippen LogP contribution in [0.5, 0.6) is 5.75 Å². The molecule has 2 aromatic heterocycles. The molecule has 61 heavy (non-hydrogen) atoms. The Kier molecular flexibility index (Phi) is 13.9. The number of amides is 2. The lowest BCUT2D eigenvalue weighted by molar-refractivity contribution is -0.154. The summed E-state index contributed by atoms with van der Waals surface area (Å²) < 4.78 is 15.7. The summed E-state index contributed by atoms with van der Waals surface area (Å²) in [6.45, 7) is 25.5. The Morgan fingerprint density at radius 2 is 1.69 bits per heavy atom. The highest BCUT2D eigenvalue weighted by Gasteiger charge is 2.47. The number of pyridine rings is 1. The Hall–Kier alpha value is -4.52. The molecule has 0 aliphatic carbocycles. The van der Waals surface area contributed by atoms with Gasteiger partial charge >= 0.3 is 5.97 Å². The van der Waals surface area contributed by atoms with Crippen molar-refractivity contribution in [2.75, 3.05) is 20.2 Å². The minimum absolute atomic E-state index is 0.0687. The third kappa shape index (κ3) is 9.32. The Labute approximate surface area is 364 Å². The van der Waals surface area contributed by atoms with E-state index in [1.165, 1.54) is 5.01 Å². The number of fused-ring (bicyclic) bond motifs is 6. The smallest absolute Gasteiger partial charge is 0.324 e. The quantitative estimate of drug-likeness (QED) is 0.119. The van der Waals surface area contributed by atoms with Crippen LogP contribution in [0.3, 0.4) is 0 Å². The molecule has 2 amide bonds. The van der Waals surface area contributed by atoms with Crippen LogP contribution in [0.4, 0.5) is 0 Å². The number of hydrazine groups is 1. The Morgan fingerprint density at radius 1 is 0.984 bits per heavy atom. The van der Waals surface area contributed by atoms with Gasteiger partial charge < -0.3 is 24.4 Å². The molecule has 3 N–H and O–H groups in total. The molecule has 0 spiro atoms. The van der Waals surface area contributed by atoms with Gasteiger partial charge in [-0.05, 0) is 115 Å². The van der Waals surface area contributed by atoms with Crippen molar-refractivity contribution in [3.63, 3.8) is 0 Å². The Morgan fingerprint density at radius 3 is 2.34 bits per heavy atom. The zero-order valence-corrected chi connectivity index (χ0v) is 39.7. The summed E-state index contributed by atoms with van der Waals surface area (Å²) in [7, 11) is -0.520.